The van der Waals surface area contributed by atoms with Crippen LogP contribution in [0.2, 0.25) is 0 Å². The average Bonchev–Trinajstić information content (AvgIpc) is 2.83. The lowest BCUT2D eigenvalue weighted by Crippen LogP contribution is -2.26. The summed E-state index contributed by atoms with van der Waals surface area (Å²) in [5.74, 6) is 0. The van der Waals surface area contributed by atoms with Crippen LogP contribution in [0.15, 0.2) is 35.2 Å². The second-order valence-electron chi connectivity index (χ2n) is 5.92. The van der Waals surface area contributed by atoms with E-state index in [0.29, 0.717) is 31.0 Å². The Balaban J connectivity index is 2.15. The first-order chi connectivity index (χ1) is 11.3. The molecule has 0 saturated heterocycles. The molecule has 1 N–H and O–H groups in total. The first-order valence-electron chi connectivity index (χ1n) is 8.06. The fourth-order valence-corrected chi connectivity index (χ4v) is 3.97. The minimum atomic E-state index is -3.60. The number of hydrogen-bond acceptors (Lipinski definition) is 4. The molecule has 0 atom stereocenters. The van der Waals surface area contributed by atoms with Gasteiger partial charge in [-0.05, 0) is 46.2 Å². The first kappa shape index (κ1) is 18.6. The highest BCUT2D eigenvalue weighted by atomic mass is 32.2. The van der Waals surface area contributed by atoms with Gasteiger partial charge in [-0.15, -0.1) is 0 Å². The van der Waals surface area contributed by atoms with Gasteiger partial charge in [0.05, 0.1) is 23.2 Å². The summed E-state index contributed by atoms with van der Waals surface area (Å²) in [5.41, 5.74) is 1.93. The highest BCUT2D eigenvalue weighted by molar-refractivity contribution is 7.89. The molecule has 0 amide bonds. The molecule has 6 nitrogen and oxygen atoms in total. The molecule has 0 bridgehead atoms. The number of nitrogens with zero attached hydrogens (tertiary/aromatic N) is 2. The van der Waals surface area contributed by atoms with Crippen molar-refractivity contribution in [1.82, 2.24) is 14.5 Å². The van der Waals surface area contributed by atoms with E-state index in [-0.39, 0.29) is 11.0 Å². The predicted molar refractivity (Wildman–Crippen MR) is 93.9 cm³/mol. The molecule has 1 aromatic heterocycles. The van der Waals surface area contributed by atoms with Gasteiger partial charge >= 0.3 is 0 Å². The number of aryl methyl sites for hydroxylation is 1. The van der Waals surface area contributed by atoms with E-state index >= 15 is 0 Å². The quantitative estimate of drug-likeness (QED) is 0.742. The van der Waals surface area contributed by atoms with Crippen molar-refractivity contribution in [3.05, 3.63) is 41.7 Å². The van der Waals surface area contributed by atoms with Crippen molar-refractivity contribution in [2.75, 3.05) is 13.2 Å². The summed E-state index contributed by atoms with van der Waals surface area (Å²) >= 11 is 0. The van der Waals surface area contributed by atoms with E-state index in [4.69, 9.17) is 4.74 Å². The molecule has 0 radical (unpaired) electrons. The lowest BCUT2D eigenvalue weighted by atomic mass is 10.3. The third-order valence-corrected chi connectivity index (χ3v) is 5.27. The van der Waals surface area contributed by atoms with Gasteiger partial charge in [-0.25, -0.2) is 17.8 Å². The van der Waals surface area contributed by atoms with Crippen molar-refractivity contribution in [1.29, 1.82) is 0 Å². The standard InChI is InChI=1S/C17H25N3O3S/c1-13(2)23-12-8-11-18-24(21,22)17-14(3)19-20(15(17)4)16-9-6-5-7-10-16/h5-7,9-10,13,18H,8,11-12H2,1-4H3. The molecule has 7 heteroatoms. The van der Waals surface area contributed by atoms with Crippen LogP contribution in [0.4, 0.5) is 0 Å². The Labute approximate surface area is 143 Å². The zero-order valence-corrected chi connectivity index (χ0v) is 15.4. The average molecular weight is 351 g/mol. The van der Waals surface area contributed by atoms with E-state index in [0.717, 1.165) is 5.69 Å². The van der Waals surface area contributed by atoms with Crippen LogP contribution in [-0.2, 0) is 14.8 Å². The summed E-state index contributed by atoms with van der Waals surface area (Å²) in [6.45, 7) is 8.25. The van der Waals surface area contributed by atoms with Gasteiger partial charge in [0.1, 0.15) is 4.90 Å². The van der Waals surface area contributed by atoms with Gasteiger partial charge in [0.2, 0.25) is 10.0 Å². The summed E-state index contributed by atoms with van der Waals surface area (Å²) in [5, 5.41) is 4.39. The lowest BCUT2D eigenvalue weighted by Gasteiger charge is -2.09. The van der Waals surface area contributed by atoms with Crippen LogP contribution >= 0.6 is 0 Å². The number of hydrogen-bond donors (Lipinski definition) is 1. The summed E-state index contributed by atoms with van der Waals surface area (Å²) in [7, 11) is -3.60. The third kappa shape index (κ3) is 4.43. The Morgan fingerprint density at radius 1 is 1.21 bits per heavy atom. The number of nitrogens with one attached hydrogen (secondary N) is 1. The van der Waals surface area contributed by atoms with Gasteiger partial charge in [0.25, 0.3) is 0 Å². The van der Waals surface area contributed by atoms with E-state index in [1.54, 1.807) is 18.5 Å². The highest BCUT2D eigenvalue weighted by Gasteiger charge is 2.24. The first-order valence-corrected chi connectivity index (χ1v) is 9.54. The maximum Gasteiger partial charge on any atom is 0.244 e. The zero-order valence-electron chi connectivity index (χ0n) is 14.6. The molecule has 0 aliphatic heterocycles. The molecule has 0 saturated carbocycles. The number of sulfonamides is 1. The van der Waals surface area contributed by atoms with Crippen LogP contribution in [0.1, 0.15) is 31.7 Å². The molecule has 0 aliphatic carbocycles. The Morgan fingerprint density at radius 3 is 2.50 bits per heavy atom. The van der Waals surface area contributed by atoms with Crippen molar-refractivity contribution >= 4 is 10.0 Å². The van der Waals surface area contributed by atoms with Gasteiger partial charge in [-0.2, -0.15) is 5.10 Å². The van der Waals surface area contributed by atoms with Crippen LogP contribution in [0.3, 0.4) is 0 Å². The van der Waals surface area contributed by atoms with Crippen LogP contribution in [0, 0.1) is 13.8 Å². The minimum Gasteiger partial charge on any atom is -0.379 e. The van der Waals surface area contributed by atoms with E-state index < -0.39 is 10.0 Å². The normalized spacial score (nSPS) is 12.0. The molecule has 0 aliphatic rings. The molecule has 2 aromatic rings. The van der Waals surface area contributed by atoms with Crippen LogP contribution in [0.5, 0.6) is 0 Å². The third-order valence-electron chi connectivity index (χ3n) is 3.56. The monoisotopic (exact) mass is 351 g/mol. The Kier molecular flexibility index (Phi) is 6.15. The van der Waals surface area contributed by atoms with Crippen molar-refractivity contribution in [2.45, 2.75) is 45.1 Å². The number of aromatic nitrogens is 2. The van der Waals surface area contributed by atoms with Crippen LogP contribution in [-0.4, -0.2) is 37.5 Å². The molecule has 0 unspecified atom stereocenters. The summed E-state index contributed by atoms with van der Waals surface area (Å²) in [4.78, 5) is 0.246. The molecule has 2 rings (SSSR count). The molecule has 0 spiro atoms. The van der Waals surface area contributed by atoms with Crippen LogP contribution < -0.4 is 4.72 Å². The molecule has 24 heavy (non-hydrogen) atoms. The molecular weight excluding hydrogens is 326 g/mol. The summed E-state index contributed by atoms with van der Waals surface area (Å²) in [6, 6.07) is 9.49. The van der Waals surface area contributed by atoms with Gasteiger partial charge in [-0.1, -0.05) is 18.2 Å². The smallest absolute Gasteiger partial charge is 0.244 e. The minimum absolute atomic E-state index is 0.148. The van der Waals surface area contributed by atoms with E-state index in [1.165, 1.54) is 0 Å². The van der Waals surface area contributed by atoms with Gasteiger partial charge in [0, 0.05) is 13.2 Å². The summed E-state index contributed by atoms with van der Waals surface area (Å²) < 4.78 is 34.9. The number of para-hydroxylation sites is 1. The van der Waals surface area contributed by atoms with E-state index in [2.05, 4.69) is 9.82 Å². The van der Waals surface area contributed by atoms with E-state index in [9.17, 15) is 8.42 Å². The molecule has 0 fully saturated rings. The topological polar surface area (TPSA) is 73.2 Å². The summed E-state index contributed by atoms with van der Waals surface area (Å²) in [6.07, 6.45) is 0.776. The Bertz CT molecular complexity index is 768. The largest absolute Gasteiger partial charge is 0.379 e. The van der Waals surface area contributed by atoms with Crippen molar-refractivity contribution in [3.8, 4) is 5.69 Å². The molecule has 1 aromatic carbocycles. The Morgan fingerprint density at radius 2 is 1.88 bits per heavy atom. The van der Waals surface area contributed by atoms with E-state index in [1.807, 2.05) is 44.2 Å². The number of ether oxygens (including phenoxy) is 1. The maximum atomic E-state index is 12.6. The SMILES string of the molecule is Cc1nn(-c2ccccc2)c(C)c1S(=O)(=O)NCCCOC(C)C. The molecule has 132 valence electrons. The predicted octanol–water partition coefficient (Wildman–Crippen LogP) is 2.58. The number of rotatable bonds is 8. The second kappa shape index (κ2) is 7.92. The van der Waals surface area contributed by atoms with Crippen molar-refractivity contribution in [2.24, 2.45) is 0 Å². The van der Waals surface area contributed by atoms with Crippen molar-refractivity contribution in [3.63, 3.8) is 0 Å². The number of benzene rings is 1. The fraction of sp³-hybridized carbons (Fsp3) is 0.471. The zero-order chi connectivity index (χ0) is 17.7. The van der Waals surface area contributed by atoms with Gasteiger partial charge in [0.15, 0.2) is 0 Å². The highest BCUT2D eigenvalue weighted by Crippen LogP contribution is 2.22. The van der Waals surface area contributed by atoms with Gasteiger partial charge < -0.3 is 4.74 Å². The maximum absolute atomic E-state index is 12.6. The fourth-order valence-electron chi connectivity index (χ4n) is 2.51. The van der Waals surface area contributed by atoms with Crippen molar-refractivity contribution < 1.29 is 13.2 Å². The Hall–Kier alpha value is -1.70. The van der Waals surface area contributed by atoms with Gasteiger partial charge in [-0.3, -0.25) is 0 Å². The second-order valence-corrected chi connectivity index (χ2v) is 7.62. The van der Waals surface area contributed by atoms with Crippen LogP contribution in [0.25, 0.3) is 5.69 Å². The lowest BCUT2D eigenvalue weighted by molar-refractivity contribution is 0.0778. The molecule has 1 heterocycles. The molecular formula is C17H25N3O3S.